The van der Waals surface area contributed by atoms with Crippen LogP contribution in [0.3, 0.4) is 0 Å². The molecule has 398 valence electrons. The van der Waals surface area contributed by atoms with E-state index in [1.54, 1.807) is 0 Å². The molecule has 0 aliphatic rings. The summed E-state index contributed by atoms with van der Waals surface area (Å²) >= 11 is 0. The van der Waals surface area contributed by atoms with E-state index in [0.717, 1.165) is 122 Å². The van der Waals surface area contributed by atoms with E-state index >= 15 is 0 Å². The predicted octanol–water partition coefficient (Wildman–Crippen LogP) is 16.2. The van der Waals surface area contributed by atoms with E-state index in [1.807, 2.05) is 21.1 Å². The maximum Gasteiger partial charge on any atom is 0.306 e. The Bertz CT molecular complexity index is 1590. The molecule has 0 aromatic carbocycles. The number of quaternary nitrogens is 1. The van der Waals surface area contributed by atoms with Crippen molar-refractivity contribution in [2.24, 2.45) is 0 Å². The van der Waals surface area contributed by atoms with Crippen molar-refractivity contribution in [1.82, 2.24) is 0 Å². The van der Waals surface area contributed by atoms with Crippen molar-refractivity contribution in [1.29, 1.82) is 0 Å². The first-order valence-corrected chi connectivity index (χ1v) is 28.7. The number of carbonyl (C=O) groups excluding carboxylic acids is 2. The molecule has 0 N–H and O–H groups in total. The molecule has 0 amide bonds. The molecule has 0 radical (unpaired) electrons. The molecule has 0 aromatic heterocycles. The number of esters is 2. The van der Waals surface area contributed by atoms with E-state index in [4.69, 9.17) is 18.5 Å². The van der Waals surface area contributed by atoms with Gasteiger partial charge in [-0.2, -0.15) is 0 Å². The van der Waals surface area contributed by atoms with Crippen molar-refractivity contribution < 1.29 is 42.1 Å². The summed E-state index contributed by atoms with van der Waals surface area (Å²) in [6.07, 6.45) is 71.2. The molecule has 0 saturated carbocycles. The van der Waals surface area contributed by atoms with Crippen LogP contribution in [0.4, 0.5) is 0 Å². The Labute approximate surface area is 428 Å². The lowest BCUT2D eigenvalue weighted by molar-refractivity contribution is -0.870. The van der Waals surface area contributed by atoms with Crippen LogP contribution in [-0.2, 0) is 32.7 Å². The molecule has 10 heteroatoms. The summed E-state index contributed by atoms with van der Waals surface area (Å²) < 4.78 is 33.9. The maximum atomic E-state index is 12.7. The SMILES string of the molecule is CC/C=C\C/C=C\C/C=C\C/C=C\C/C=C\C/C=C\C/C=C\C/C=C\C/C=C\C/C=C\CCCCCCCCC(=O)OC(COC(=O)CCCCCCCCCCC)COP(=O)([O-])OCC[N+](C)(C)C. The largest absolute Gasteiger partial charge is 0.756 e. The highest BCUT2D eigenvalue weighted by molar-refractivity contribution is 7.45. The van der Waals surface area contributed by atoms with Gasteiger partial charge in [-0.1, -0.05) is 212 Å². The lowest BCUT2D eigenvalue weighted by Gasteiger charge is -2.28. The van der Waals surface area contributed by atoms with Gasteiger partial charge in [-0.15, -0.1) is 0 Å². The number of unbranched alkanes of at least 4 members (excludes halogenated alkanes) is 14. The Morgan fingerprint density at radius 3 is 1.21 bits per heavy atom. The fraction of sp³-hybridized carbons (Fsp3) is 0.633. The Kier molecular flexibility index (Phi) is 47.8. The number of likely N-dealkylation sites (N-methyl/N-ethyl adjacent to an activating group) is 1. The first kappa shape index (κ1) is 66.4. The molecule has 0 fully saturated rings. The van der Waals surface area contributed by atoms with Crippen molar-refractivity contribution in [2.45, 2.75) is 200 Å². The number of hydrogen-bond acceptors (Lipinski definition) is 8. The first-order valence-electron chi connectivity index (χ1n) is 27.2. The molecular formula is C60H100NO8P. The summed E-state index contributed by atoms with van der Waals surface area (Å²) in [5.41, 5.74) is 0. The first-order chi connectivity index (χ1) is 34.0. The van der Waals surface area contributed by atoms with Gasteiger partial charge in [-0.3, -0.25) is 14.2 Å². The Morgan fingerprint density at radius 1 is 0.457 bits per heavy atom. The molecule has 0 heterocycles. The normalized spacial score (nSPS) is 14.3. The summed E-state index contributed by atoms with van der Waals surface area (Å²) in [6, 6.07) is 0. The monoisotopic (exact) mass is 994 g/mol. The number of allylic oxidation sites excluding steroid dienone is 20. The summed E-state index contributed by atoms with van der Waals surface area (Å²) in [5, 5.41) is 0. The van der Waals surface area contributed by atoms with Crippen LogP contribution in [-0.4, -0.2) is 70.0 Å². The second-order valence-corrected chi connectivity index (χ2v) is 20.3. The van der Waals surface area contributed by atoms with Crippen LogP contribution in [0.15, 0.2) is 122 Å². The summed E-state index contributed by atoms with van der Waals surface area (Å²) in [5.74, 6) is -0.862. The molecule has 9 nitrogen and oxygen atoms in total. The number of phosphoric acid groups is 1. The summed E-state index contributed by atoms with van der Waals surface area (Å²) in [4.78, 5) is 37.6. The predicted molar refractivity (Wildman–Crippen MR) is 295 cm³/mol. The Hall–Kier alpha value is -3.59. The minimum absolute atomic E-state index is 0.0391. The zero-order valence-electron chi connectivity index (χ0n) is 44.9. The lowest BCUT2D eigenvalue weighted by Crippen LogP contribution is -2.37. The van der Waals surface area contributed by atoms with Crippen LogP contribution in [0, 0.1) is 0 Å². The van der Waals surface area contributed by atoms with E-state index in [0.29, 0.717) is 17.4 Å². The highest BCUT2D eigenvalue weighted by Crippen LogP contribution is 2.38. The van der Waals surface area contributed by atoms with Crippen molar-refractivity contribution in [3.63, 3.8) is 0 Å². The Morgan fingerprint density at radius 2 is 0.814 bits per heavy atom. The number of rotatable bonds is 48. The zero-order chi connectivity index (χ0) is 51.3. The van der Waals surface area contributed by atoms with Crippen molar-refractivity contribution in [3.05, 3.63) is 122 Å². The third-order valence-electron chi connectivity index (χ3n) is 11.0. The number of hydrogen-bond donors (Lipinski definition) is 0. The number of carbonyl (C=O) groups is 2. The van der Waals surface area contributed by atoms with Gasteiger partial charge < -0.3 is 27.9 Å². The molecule has 70 heavy (non-hydrogen) atoms. The minimum atomic E-state index is -4.64. The van der Waals surface area contributed by atoms with Gasteiger partial charge in [0, 0.05) is 12.8 Å². The second kappa shape index (κ2) is 50.4. The smallest absolute Gasteiger partial charge is 0.306 e. The fourth-order valence-corrected chi connectivity index (χ4v) is 7.53. The average Bonchev–Trinajstić information content (AvgIpc) is 3.32. The highest BCUT2D eigenvalue weighted by atomic mass is 31.2. The van der Waals surface area contributed by atoms with Gasteiger partial charge in [0.1, 0.15) is 19.8 Å². The van der Waals surface area contributed by atoms with E-state index in [1.165, 1.54) is 38.5 Å². The molecule has 0 saturated heterocycles. The van der Waals surface area contributed by atoms with Gasteiger partial charge in [-0.05, 0) is 89.9 Å². The topological polar surface area (TPSA) is 111 Å². The summed E-state index contributed by atoms with van der Waals surface area (Å²) in [7, 11) is 1.14. The van der Waals surface area contributed by atoms with E-state index in [-0.39, 0.29) is 26.1 Å². The van der Waals surface area contributed by atoms with Crippen molar-refractivity contribution in [2.75, 3.05) is 47.5 Å². The molecule has 0 rings (SSSR count). The van der Waals surface area contributed by atoms with E-state index < -0.39 is 32.5 Å². The molecule has 0 aromatic rings. The molecule has 0 spiro atoms. The quantitative estimate of drug-likeness (QED) is 0.0195. The maximum absolute atomic E-state index is 12.7. The van der Waals surface area contributed by atoms with Gasteiger partial charge in [0.05, 0.1) is 27.7 Å². The zero-order valence-corrected chi connectivity index (χ0v) is 45.8. The van der Waals surface area contributed by atoms with E-state index in [9.17, 15) is 19.0 Å². The molecule has 0 aliphatic carbocycles. The highest BCUT2D eigenvalue weighted by Gasteiger charge is 2.21. The fourth-order valence-electron chi connectivity index (χ4n) is 6.80. The third-order valence-corrected chi connectivity index (χ3v) is 12.0. The molecule has 2 unspecified atom stereocenters. The van der Waals surface area contributed by atoms with Crippen LogP contribution in [0.2, 0.25) is 0 Å². The van der Waals surface area contributed by atoms with Crippen LogP contribution in [0.5, 0.6) is 0 Å². The van der Waals surface area contributed by atoms with Gasteiger partial charge in [-0.25, -0.2) is 0 Å². The molecule has 0 bridgehead atoms. The van der Waals surface area contributed by atoms with Crippen LogP contribution in [0.1, 0.15) is 194 Å². The van der Waals surface area contributed by atoms with Gasteiger partial charge in [0.25, 0.3) is 7.82 Å². The third kappa shape index (κ3) is 53.8. The van der Waals surface area contributed by atoms with E-state index in [2.05, 4.69) is 135 Å². The Balaban J connectivity index is 4.13. The number of ether oxygens (including phenoxy) is 2. The van der Waals surface area contributed by atoms with Crippen LogP contribution in [0.25, 0.3) is 0 Å². The molecular weight excluding hydrogens is 894 g/mol. The van der Waals surface area contributed by atoms with Gasteiger partial charge in [0.15, 0.2) is 6.10 Å². The van der Waals surface area contributed by atoms with Crippen molar-refractivity contribution in [3.8, 4) is 0 Å². The van der Waals surface area contributed by atoms with Crippen LogP contribution < -0.4 is 4.89 Å². The lowest BCUT2D eigenvalue weighted by atomic mass is 10.1. The molecule has 2 atom stereocenters. The number of nitrogens with zero attached hydrogens (tertiary/aromatic N) is 1. The van der Waals surface area contributed by atoms with Gasteiger partial charge in [0.2, 0.25) is 0 Å². The summed E-state index contributed by atoms with van der Waals surface area (Å²) in [6.45, 7) is 4.05. The molecule has 0 aliphatic heterocycles. The van der Waals surface area contributed by atoms with Crippen molar-refractivity contribution >= 4 is 19.8 Å². The minimum Gasteiger partial charge on any atom is -0.756 e. The van der Waals surface area contributed by atoms with Gasteiger partial charge >= 0.3 is 11.9 Å². The number of phosphoric ester groups is 1. The standard InChI is InChI=1S/C60H100NO8P/c1-6-8-10-12-14-16-17-18-19-20-21-22-23-24-25-26-27-28-29-30-31-32-33-34-35-36-37-38-39-40-41-42-43-45-47-49-51-53-60(63)69-58(57-68-70(64,65)67-55-54-61(3,4)5)56-66-59(62)52-50-48-46-44-15-13-11-9-7-2/h8,10,14,16,18-19,21-22,24-25,27-28,30-31,33-34,36-37,39-40,58H,6-7,9,11-13,15,17,20,23,26,29,32,35,38,41-57H2,1-5H3/b10-8-,16-14-,19-18-,22-21-,25-24-,28-27-,31-30-,34-33-,37-36-,40-39-. The second-order valence-electron chi connectivity index (χ2n) is 18.9. The van der Waals surface area contributed by atoms with Crippen LogP contribution >= 0.6 is 7.82 Å². The average molecular weight is 994 g/mol.